The van der Waals surface area contributed by atoms with Crippen molar-refractivity contribution < 1.29 is 18.3 Å². The molecule has 0 saturated heterocycles. The van der Waals surface area contributed by atoms with E-state index in [4.69, 9.17) is 0 Å². The lowest BCUT2D eigenvalue weighted by Gasteiger charge is -2.14. The molecule has 1 unspecified atom stereocenters. The Balaban J connectivity index is 1.98. The third kappa shape index (κ3) is 7.51. The summed E-state index contributed by atoms with van der Waals surface area (Å²) in [7, 11) is 0. The van der Waals surface area contributed by atoms with E-state index < -0.39 is 11.7 Å². The molecule has 0 spiro atoms. The van der Waals surface area contributed by atoms with Gasteiger partial charge in [0, 0.05) is 18.0 Å². The summed E-state index contributed by atoms with van der Waals surface area (Å²) in [5, 5.41) is 15.7. The Bertz CT molecular complexity index is 855. The van der Waals surface area contributed by atoms with Crippen LogP contribution in [0.3, 0.4) is 0 Å². The average Bonchev–Trinajstić information content (AvgIpc) is 2.72. The SMILES string of the molecule is CCNC(=NCC(CO)c1ccccc1)NCC#Cc1cccc(C(F)(F)F)c1. The lowest BCUT2D eigenvalue weighted by atomic mass is 10.0. The number of benzene rings is 2. The topological polar surface area (TPSA) is 56.7 Å². The molecule has 1 atom stereocenters. The molecule has 0 bridgehead atoms. The standard InChI is InChI=1S/C22H24F3N3O/c1-2-26-21(28-15-19(16-29)18-10-4-3-5-11-18)27-13-7-9-17-8-6-12-20(14-17)22(23,24)25/h3-6,8,10-12,14,19,29H,2,13,15-16H2,1H3,(H2,26,27,28). The van der Waals surface area contributed by atoms with E-state index in [1.807, 2.05) is 37.3 Å². The zero-order valence-corrected chi connectivity index (χ0v) is 16.1. The fourth-order valence-corrected chi connectivity index (χ4v) is 2.58. The van der Waals surface area contributed by atoms with Gasteiger partial charge in [0.25, 0.3) is 0 Å². The smallest absolute Gasteiger partial charge is 0.396 e. The van der Waals surface area contributed by atoms with Crippen molar-refractivity contribution in [1.29, 1.82) is 0 Å². The lowest BCUT2D eigenvalue weighted by Crippen LogP contribution is -2.37. The van der Waals surface area contributed by atoms with E-state index in [9.17, 15) is 18.3 Å². The fraction of sp³-hybridized carbons (Fsp3) is 0.318. The highest BCUT2D eigenvalue weighted by molar-refractivity contribution is 5.80. The zero-order chi connectivity index (χ0) is 21.1. The van der Waals surface area contributed by atoms with Gasteiger partial charge < -0.3 is 15.7 Å². The van der Waals surface area contributed by atoms with E-state index in [1.54, 1.807) is 0 Å². The van der Waals surface area contributed by atoms with Crippen LogP contribution < -0.4 is 10.6 Å². The van der Waals surface area contributed by atoms with E-state index >= 15 is 0 Å². The van der Waals surface area contributed by atoms with Crippen molar-refractivity contribution in [2.75, 3.05) is 26.2 Å². The van der Waals surface area contributed by atoms with Crippen LogP contribution in [0.5, 0.6) is 0 Å². The predicted octanol–water partition coefficient (Wildman–Crippen LogP) is 3.39. The third-order valence-electron chi connectivity index (χ3n) is 4.07. The van der Waals surface area contributed by atoms with Crippen molar-refractivity contribution in [3.63, 3.8) is 0 Å². The molecule has 2 aromatic carbocycles. The first-order chi connectivity index (χ1) is 13.9. The summed E-state index contributed by atoms with van der Waals surface area (Å²) in [5.41, 5.74) is 0.579. The van der Waals surface area contributed by atoms with Gasteiger partial charge in [-0.2, -0.15) is 13.2 Å². The minimum absolute atomic E-state index is 0.0255. The second kappa shape index (κ2) is 11.1. The Hall–Kier alpha value is -2.98. The van der Waals surface area contributed by atoms with E-state index in [-0.39, 0.29) is 19.1 Å². The molecule has 0 amide bonds. The van der Waals surface area contributed by atoms with Gasteiger partial charge >= 0.3 is 6.18 Å². The van der Waals surface area contributed by atoms with Crippen LogP contribution in [0.25, 0.3) is 0 Å². The van der Waals surface area contributed by atoms with Crippen molar-refractivity contribution in [2.45, 2.75) is 19.0 Å². The zero-order valence-electron chi connectivity index (χ0n) is 16.1. The second-order valence-electron chi connectivity index (χ2n) is 6.24. The maximum Gasteiger partial charge on any atom is 0.416 e. The number of aliphatic imine (C=N–C) groups is 1. The molecule has 0 aliphatic rings. The average molecular weight is 403 g/mol. The largest absolute Gasteiger partial charge is 0.416 e. The highest BCUT2D eigenvalue weighted by Gasteiger charge is 2.30. The molecule has 3 N–H and O–H groups in total. The highest BCUT2D eigenvalue weighted by atomic mass is 19.4. The summed E-state index contributed by atoms with van der Waals surface area (Å²) in [4.78, 5) is 4.47. The van der Waals surface area contributed by atoms with Gasteiger partial charge in [0.1, 0.15) is 0 Å². The van der Waals surface area contributed by atoms with Crippen LogP contribution in [-0.2, 0) is 6.18 Å². The number of nitrogens with one attached hydrogen (secondary N) is 2. The summed E-state index contributed by atoms with van der Waals surface area (Å²) in [5.74, 6) is 5.93. The van der Waals surface area contributed by atoms with Crippen molar-refractivity contribution >= 4 is 5.96 Å². The number of aliphatic hydroxyl groups excluding tert-OH is 1. The van der Waals surface area contributed by atoms with Crippen LogP contribution in [0.2, 0.25) is 0 Å². The van der Waals surface area contributed by atoms with Crippen molar-refractivity contribution in [2.24, 2.45) is 4.99 Å². The Morgan fingerprint density at radius 1 is 1.10 bits per heavy atom. The van der Waals surface area contributed by atoms with Crippen LogP contribution in [0.1, 0.15) is 29.5 Å². The Labute approximate surface area is 168 Å². The second-order valence-corrected chi connectivity index (χ2v) is 6.24. The summed E-state index contributed by atoms with van der Waals surface area (Å²) >= 11 is 0. The van der Waals surface area contributed by atoms with Gasteiger partial charge in [-0.1, -0.05) is 48.2 Å². The number of hydrogen-bond donors (Lipinski definition) is 3. The van der Waals surface area contributed by atoms with Gasteiger partial charge in [0.05, 0.1) is 25.3 Å². The lowest BCUT2D eigenvalue weighted by molar-refractivity contribution is -0.137. The number of nitrogens with zero attached hydrogens (tertiary/aromatic N) is 1. The van der Waals surface area contributed by atoms with Gasteiger partial charge in [-0.3, -0.25) is 4.99 Å². The first-order valence-corrected chi connectivity index (χ1v) is 9.28. The summed E-state index contributed by atoms with van der Waals surface area (Å²) in [6, 6.07) is 14.5. The number of aliphatic hydroxyl groups is 1. The minimum Gasteiger partial charge on any atom is -0.396 e. The molecule has 0 saturated carbocycles. The first kappa shape index (κ1) is 22.3. The Kier molecular flexibility index (Phi) is 8.56. The van der Waals surface area contributed by atoms with E-state index in [0.717, 1.165) is 17.7 Å². The number of rotatable bonds is 6. The van der Waals surface area contributed by atoms with Crippen LogP contribution in [0, 0.1) is 11.8 Å². The molecule has 0 heterocycles. The maximum absolute atomic E-state index is 12.7. The molecule has 7 heteroatoms. The van der Waals surface area contributed by atoms with Gasteiger partial charge in [0.15, 0.2) is 5.96 Å². The summed E-state index contributed by atoms with van der Waals surface area (Å²) in [6.07, 6.45) is -4.39. The first-order valence-electron chi connectivity index (χ1n) is 9.28. The molecule has 0 aromatic heterocycles. The molecule has 29 heavy (non-hydrogen) atoms. The monoisotopic (exact) mass is 403 g/mol. The quantitative estimate of drug-likeness (QED) is 0.394. The maximum atomic E-state index is 12.7. The van der Waals surface area contributed by atoms with Crippen molar-refractivity contribution in [1.82, 2.24) is 10.6 Å². The molecule has 4 nitrogen and oxygen atoms in total. The Morgan fingerprint density at radius 3 is 2.52 bits per heavy atom. The minimum atomic E-state index is -4.39. The van der Waals surface area contributed by atoms with Gasteiger partial charge in [-0.15, -0.1) is 0 Å². The number of guanidine groups is 1. The molecule has 0 fully saturated rings. The molecular weight excluding hydrogens is 379 g/mol. The number of hydrogen-bond acceptors (Lipinski definition) is 2. The van der Waals surface area contributed by atoms with Crippen LogP contribution >= 0.6 is 0 Å². The number of alkyl halides is 3. The van der Waals surface area contributed by atoms with E-state index in [0.29, 0.717) is 24.6 Å². The van der Waals surface area contributed by atoms with Crippen LogP contribution in [0.4, 0.5) is 13.2 Å². The normalized spacial score (nSPS) is 12.7. The molecule has 0 aliphatic heterocycles. The van der Waals surface area contributed by atoms with Gasteiger partial charge in [0.2, 0.25) is 0 Å². The molecule has 2 rings (SSSR count). The van der Waals surface area contributed by atoms with Crippen LogP contribution in [0.15, 0.2) is 59.6 Å². The summed E-state index contributed by atoms with van der Waals surface area (Å²) < 4.78 is 38.2. The molecule has 2 aromatic rings. The molecular formula is C22H24F3N3O. The number of halogens is 3. The fourth-order valence-electron chi connectivity index (χ4n) is 2.58. The van der Waals surface area contributed by atoms with Crippen molar-refractivity contribution in [3.8, 4) is 11.8 Å². The molecule has 154 valence electrons. The third-order valence-corrected chi connectivity index (χ3v) is 4.07. The molecule has 0 aliphatic carbocycles. The van der Waals surface area contributed by atoms with E-state index in [1.165, 1.54) is 12.1 Å². The predicted molar refractivity (Wildman–Crippen MR) is 109 cm³/mol. The summed E-state index contributed by atoms with van der Waals surface area (Å²) in [6.45, 7) is 3.14. The van der Waals surface area contributed by atoms with Gasteiger partial charge in [-0.05, 0) is 30.7 Å². The van der Waals surface area contributed by atoms with E-state index in [2.05, 4.69) is 27.5 Å². The van der Waals surface area contributed by atoms with Crippen LogP contribution in [-0.4, -0.2) is 37.3 Å². The van der Waals surface area contributed by atoms with Gasteiger partial charge in [-0.25, -0.2) is 0 Å². The Morgan fingerprint density at radius 2 is 1.86 bits per heavy atom. The highest BCUT2D eigenvalue weighted by Crippen LogP contribution is 2.29. The molecule has 0 radical (unpaired) electrons. The van der Waals surface area contributed by atoms with Crippen molar-refractivity contribution in [3.05, 3.63) is 71.3 Å².